The second kappa shape index (κ2) is 7.20. The Morgan fingerprint density at radius 2 is 1.79 bits per heavy atom. The van der Waals surface area contributed by atoms with E-state index in [1.807, 2.05) is 25.2 Å². The Bertz CT molecular complexity index is 433. The Morgan fingerprint density at radius 1 is 1.11 bits per heavy atom. The van der Waals surface area contributed by atoms with Crippen LogP contribution in [-0.2, 0) is 10.8 Å². The van der Waals surface area contributed by atoms with Gasteiger partial charge in [-0.25, -0.2) is 0 Å². The first-order chi connectivity index (χ1) is 9.24. The van der Waals surface area contributed by atoms with E-state index in [4.69, 9.17) is 0 Å². The third-order valence-corrected chi connectivity index (χ3v) is 6.16. The summed E-state index contributed by atoms with van der Waals surface area (Å²) in [7, 11) is 1.12. The summed E-state index contributed by atoms with van der Waals surface area (Å²) in [6.07, 6.45) is 7.30. The molecule has 0 heterocycles. The van der Waals surface area contributed by atoms with Crippen molar-refractivity contribution in [2.45, 2.75) is 61.6 Å². The van der Waals surface area contributed by atoms with Crippen molar-refractivity contribution in [3.8, 4) is 0 Å². The zero-order valence-corrected chi connectivity index (χ0v) is 12.8. The molecule has 0 bridgehead atoms. The average Bonchev–Trinajstić information content (AvgIpc) is 2.39. The SMILES string of the molecule is CNC1CCCCCCC1S(=O)c1ccccc1C. The molecule has 1 N–H and O–H groups in total. The molecule has 0 saturated heterocycles. The lowest BCUT2D eigenvalue weighted by atomic mass is 9.96. The molecular weight excluding hydrogens is 254 g/mol. The molecule has 1 aliphatic rings. The largest absolute Gasteiger partial charge is 0.316 e. The van der Waals surface area contributed by atoms with Gasteiger partial charge in [0.2, 0.25) is 0 Å². The van der Waals surface area contributed by atoms with Crippen LogP contribution in [0.3, 0.4) is 0 Å². The molecule has 106 valence electrons. The molecular formula is C16H25NOS. The molecule has 0 amide bonds. The van der Waals surface area contributed by atoms with Crippen molar-refractivity contribution in [2.75, 3.05) is 7.05 Å². The van der Waals surface area contributed by atoms with Gasteiger partial charge in [0, 0.05) is 10.9 Å². The van der Waals surface area contributed by atoms with Gasteiger partial charge in [-0.2, -0.15) is 0 Å². The van der Waals surface area contributed by atoms with Crippen LogP contribution in [0.1, 0.15) is 44.1 Å². The number of aryl methyl sites for hydroxylation is 1. The van der Waals surface area contributed by atoms with Crippen molar-refractivity contribution < 1.29 is 4.21 Å². The monoisotopic (exact) mass is 279 g/mol. The molecule has 1 fully saturated rings. The van der Waals surface area contributed by atoms with Gasteiger partial charge < -0.3 is 5.32 Å². The number of hydrogen-bond acceptors (Lipinski definition) is 2. The molecule has 2 rings (SSSR count). The quantitative estimate of drug-likeness (QED) is 0.918. The van der Waals surface area contributed by atoms with Gasteiger partial charge in [0.1, 0.15) is 0 Å². The maximum atomic E-state index is 12.9. The molecule has 0 aliphatic heterocycles. The molecule has 3 unspecified atom stereocenters. The second-order valence-electron chi connectivity index (χ2n) is 5.49. The number of hydrogen-bond donors (Lipinski definition) is 1. The average molecular weight is 279 g/mol. The number of rotatable bonds is 3. The van der Waals surface area contributed by atoms with Crippen LogP contribution in [0.25, 0.3) is 0 Å². The predicted octanol–water partition coefficient (Wildman–Crippen LogP) is 3.41. The van der Waals surface area contributed by atoms with E-state index in [9.17, 15) is 4.21 Å². The van der Waals surface area contributed by atoms with Gasteiger partial charge >= 0.3 is 0 Å². The maximum absolute atomic E-state index is 12.9. The van der Waals surface area contributed by atoms with E-state index in [2.05, 4.69) is 18.3 Å². The summed E-state index contributed by atoms with van der Waals surface area (Å²) in [5.41, 5.74) is 1.15. The normalized spacial score (nSPS) is 26.4. The molecule has 1 aromatic carbocycles. The fraction of sp³-hybridized carbons (Fsp3) is 0.625. The van der Waals surface area contributed by atoms with Crippen molar-refractivity contribution in [1.82, 2.24) is 5.32 Å². The summed E-state index contributed by atoms with van der Waals surface area (Å²) >= 11 is 0. The van der Waals surface area contributed by atoms with Crippen LogP contribution < -0.4 is 5.32 Å². The fourth-order valence-electron chi connectivity index (χ4n) is 2.98. The molecule has 3 atom stereocenters. The first-order valence-electron chi connectivity index (χ1n) is 7.37. The van der Waals surface area contributed by atoms with Crippen LogP contribution >= 0.6 is 0 Å². The zero-order valence-electron chi connectivity index (χ0n) is 12.0. The van der Waals surface area contributed by atoms with Crippen LogP contribution in [0.2, 0.25) is 0 Å². The van der Waals surface area contributed by atoms with Crippen molar-refractivity contribution in [3.63, 3.8) is 0 Å². The molecule has 3 heteroatoms. The zero-order chi connectivity index (χ0) is 13.7. The van der Waals surface area contributed by atoms with E-state index in [1.54, 1.807) is 0 Å². The predicted molar refractivity (Wildman–Crippen MR) is 81.9 cm³/mol. The van der Waals surface area contributed by atoms with Gasteiger partial charge in [-0.15, -0.1) is 0 Å². The van der Waals surface area contributed by atoms with Gasteiger partial charge in [0.15, 0.2) is 0 Å². The van der Waals surface area contributed by atoms with E-state index in [0.29, 0.717) is 6.04 Å². The van der Waals surface area contributed by atoms with E-state index in [0.717, 1.165) is 23.3 Å². The highest BCUT2D eigenvalue weighted by atomic mass is 32.2. The van der Waals surface area contributed by atoms with E-state index < -0.39 is 10.8 Å². The van der Waals surface area contributed by atoms with Crippen molar-refractivity contribution in [3.05, 3.63) is 29.8 Å². The lowest BCUT2D eigenvalue weighted by Gasteiger charge is -2.28. The van der Waals surface area contributed by atoms with Crippen molar-refractivity contribution in [1.29, 1.82) is 0 Å². The molecule has 0 aromatic heterocycles. The summed E-state index contributed by atoms with van der Waals surface area (Å²) < 4.78 is 12.9. The van der Waals surface area contributed by atoms with Gasteiger partial charge in [0.25, 0.3) is 0 Å². The minimum Gasteiger partial charge on any atom is -0.316 e. The Morgan fingerprint density at radius 3 is 2.47 bits per heavy atom. The highest BCUT2D eigenvalue weighted by molar-refractivity contribution is 7.85. The Balaban J connectivity index is 2.21. The molecule has 2 nitrogen and oxygen atoms in total. The highest BCUT2D eigenvalue weighted by Crippen LogP contribution is 2.26. The topological polar surface area (TPSA) is 29.1 Å². The summed E-state index contributed by atoms with van der Waals surface area (Å²) in [4.78, 5) is 1.02. The molecule has 1 aromatic rings. The smallest absolute Gasteiger partial charge is 0.0579 e. The molecule has 0 radical (unpaired) electrons. The Kier molecular flexibility index (Phi) is 5.59. The van der Waals surface area contributed by atoms with E-state index in [1.165, 1.54) is 25.7 Å². The second-order valence-corrected chi connectivity index (χ2v) is 7.13. The van der Waals surface area contributed by atoms with E-state index >= 15 is 0 Å². The number of benzene rings is 1. The van der Waals surface area contributed by atoms with E-state index in [-0.39, 0.29) is 5.25 Å². The Labute approximate surface area is 119 Å². The summed E-state index contributed by atoms with van der Waals surface area (Å²) in [5, 5.41) is 3.65. The van der Waals surface area contributed by atoms with Gasteiger partial charge in [-0.1, -0.05) is 43.9 Å². The molecule has 0 spiro atoms. The lowest BCUT2D eigenvalue weighted by Crippen LogP contribution is -2.41. The third kappa shape index (κ3) is 3.67. The first-order valence-corrected chi connectivity index (χ1v) is 8.59. The number of nitrogens with one attached hydrogen (secondary N) is 1. The van der Waals surface area contributed by atoms with Gasteiger partial charge in [0.05, 0.1) is 16.0 Å². The van der Waals surface area contributed by atoms with Gasteiger partial charge in [-0.3, -0.25) is 4.21 Å². The minimum absolute atomic E-state index is 0.256. The molecule has 1 saturated carbocycles. The molecule has 19 heavy (non-hydrogen) atoms. The lowest BCUT2D eigenvalue weighted by molar-refractivity contribution is 0.414. The van der Waals surface area contributed by atoms with Crippen LogP contribution in [-0.4, -0.2) is 22.5 Å². The van der Waals surface area contributed by atoms with Crippen molar-refractivity contribution in [2.24, 2.45) is 0 Å². The Hall–Kier alpha value is -0.670. The van der Waals surface area contributed by atoms with Crippen LogP contribution in [0.5, 0.6) is 0 Å². The fourth-order valence-corrected chi connectivity index (χ4v) is 4.86. The molecule has 1 aliphatic carbocycles. The van der Waals surface area contributed by atoms with Crippen molar-refractivity contribution >= 4 is 10.8 Å². The van der Waals surface area contributed by atoms with Crippen LogP contribution in [0.15, 0.2) is 29.2 Å². The highest BCUT2D eigenvalue weighted by Gasteiger charge is 2.28. The van der Waals surface area contributed by atoms with Crippen LogP contribution in [0.4, 0.5) is 0 Å². The first kappa shape index (κ1) is 14.7. The third-order valence-electron chi connectivity index (χ3n) is 4.16. The van der Waals surface area contributed by atoms with Gasteiger partial charge in [-0.05, 0) is 38.4 Å². The minimum atomic E-state index is -0.893. The van der Waals surface area contributed by atoms with Crippen LogP contribution in [0, 0.1) is 6.92 Å². The maximum Gasteiger partial charge on any atom is 0.0579 e. The standard InChI is InChI=1S/C16H25NOS/c1-13-9-7-8-11-15(13)19(18)16-12-6-4-3-5-10-14(16)17-2/h7-9,11,14,16-17H,3-6,10,12H2,1-2H3. The summed E-state index contributed by atoms with van der Waals surface area (Å²) in [6.45, 7) is 2.06. The summed E-state index contributed by atoms with van der Waals surface area (Å²) in [5.74, 6) is 0. The summed E-state index contributed by atoms with van der Waals surface area (Å²) in [6, 6.07) is 8.49.